The van der Waals surface area contributed by atoms with Gasteiger partial charge in [-0.1, -0.05) is 0 Å². The van der Waals surface area contributed by atoms with Crippen LogP contribution in [0.3, 0.4) is 0 Å². The molecule has 0 unspecified atom stereocenters. The molecule has 0 rings (SSSR count). The molecule has 1 heteroatoms. The summed E-state index contributed by atoms with van der Waals surface area (Å²) in [5.74, 6) is 0. The monoisotopic (exact) mass is 85.1 g/mol. The van der Waals surface area contributed by atoms with Crippen LogP contribution in [0, 0.1) is 6.15 Å². The summed E-state index contributed by atoms with van der Waals surface area (Å²) in [6.07, 6.45) is 4.51. The Morgan fingerprint density at radius 2 is 2.33 bits per heavy atom. The molecule has 0 aromatic heterocycles. The quantitative estimate of drug-likeness (QED) is 0.358. The molecule has 0 N–H and O–H groups in total. The van der Waals surface area contributed by atoms with E-state index >= 15 is 0 Å². The molecule has 0 saturated carbocycles. The molecule has 0 aliphatic carbocycles. The van der Waals surface area contributed by atoms with Gasteiger partial charge in [-0.2, -0.15) is 0 Å². The Hall–Kier alpha value is -0.260. The van der Waals surface area contributed by atoms with E-state index in [-0.39, 0.29) is 0 Å². The van der Waals surface area contributed by atoms with E-state index in [9.17, 15) is 4.65 Å². The summed E-state index contributed by atoms with van der Waals surface area (Å²) in [6, 6.07) is 0. The van der Waals surface area contributed by atoms with E-state index in [1.54, 1.807) is 0 Å². The van der Waals surface area contributed by atoms with Gasteiger partial charge in [-0.25, -0.2) is 0 Å². The van der Waals surface area contributed by atoms with Crippen LogP contribution in [0.25, 0.3) is 0 Å². The molecule has 0 spiro atoms. The number of rotatable bonds is 2. The van der Waals surface area contributed by atoms with Crippen molar-refractivity contribution >= 4 is 0 Å². The molecule has 0 saturated heterocycles. The van der Waals surface area contributed by atoms with Crippen LogP contribution in [0.4, 0.5) is 0 Å². The van der Waals surface area contributed by atoms with E-state index < -0.39 is 0 Å². The molecule has 0 aliphatic heterocycles. The zero-order valence-electron chi connectivity index (χ0n) is 4.03. The van der Waals surface area contributed by atoms with E-state index in [1.807, 2.05) is 6.15 Å². The van der Waals surface area contributed by atoms with Crippen molar-refractivity contribution in [1.82, 2.24) is 0 Å². The molecular formula is C5H9O+. The van der Waals surface area contributed by atoms with Crippen molar-refractivity contribution in [3.8, 4) is 6.15 Å². The minimum atomic E-state index is 0.608. The summed E-state index contributed by atoms with van der Waals surface area (Å²) >= 11 is 0. The zero-order valence-corrected chi connectivity index (χ0v) is 4.03. The Morgan fingerprint density at radius 3 is 2.50 bits per heavy atom. The third kappa shape index (κ3) is 3.74. The minimum absolute atomic E-state index is 0.608. The number of unbranched alkanes of at least 4 members (excludes halogenated alkanes) is 2. The van der Waals surface area contributed by atoms with Crippen molar-refractivity contribution in [1.29, 1.82) is 0 Å². The molecule has 0 bridgehead atoms. The second-order valence-corrected chi connectivity index (χ2v) is 1.25. The van der Waals surface area contributed by atoms with Gasteiger partial charge in [0.05, 0.1) is 0 Å². The Bertz CT molecular complexity index is 51.4. The molecular weight excluding hydrogens is 76.1 g/mol. The topological polar surface area (TPSA) is 19.9 Å². The predicted octanol–water partition coefficient (Wildman–Crippen LogP) is 1.57. The molecule has 0 atom stereocenters. The fourth-order valence-electron chi connectivity index (χ4n) is 0.249. The van der Waals surface area contributed by atoms with Gasteiger partial charge in [0, 0.05) is 0 Å². The molecule has 0 amide bonds. The van der Waals surface area contributed by atoms with Crippen LogP contribution < -0.4 is 0 Å². The van der Waals surface area contributed by atoms with E-state index in [1.165, 1.54) is 0 Å². The summed E-state index contributed by atoms with van der Waals surface area (Å²) in [4.78, 5) is 0. The van der Waals surface area contributed by atoms with Crippen LogP contribution in [0.2, 0.25) is 0 Å². The Labute approximate surface area is 38.1 Å². The Morgan fingerprint density at radius 1 is 1.67 bits per heavy atom. The van der Waals surface area contributed by atoms with Crippen LogP contribution in [0.1, 0.15) is 26.2 Å². The van der Waals surface area contributed by atoms with E-state index in [0.29, 0.717) is 6.42 Å². The molecule has 1 nitrogen and oxygen atoms in total. The van der Waals surface area contributed by atoms with Crippen molar-refractivity contribution in [2.75, 3.05) is 0 Å². The average Bonchev–Trinajstić information content (AvgIpc) is 1.61. The second kappa shape index (κ2) is 4.74. The molecule has 34 valence electrons. The van der Waals surface area contributed by atoms with Crippen LogP contribution >= 0.6 is 0 Å². The number of hydrogen-bond donors (Lipinski definition) is 0. The molecule has 0 radical (unpaired) electrons. The Kier molecular flexibility index (Phi) is 4.53. The van der Waals surface area contributed by atoms with Gasteiger partial charge in [0.2, 0.25) is 0 Å². The third-order valence-electron chi connectivity index (χ3n) is 0.632. The molecule has 0 aliphatic rings. The normalized spacial score (nSPS) is 7.33. The van der Waals surface area contributed by atoms with E-state index in [4.69, 9.17) is 0 Å². The maximum atomic E-state index is 9.44. The summed E-state index contributed by atoms with van der Waals surface area (Å²) in [5.41, 5.74) is 0. The van der Waals surface area contributed by atoms with Gasteiger partial charge in [-0.15, -0.1) is 0 Å². The second-order valence-electron chi connectivity index (χ2n) is 1.25. The summed E-state index contributed by atoms with van der Waals surface area (Å²) in [6.45, 7) is 2.05. The maximum absolute atomic E-state index is 9.44. The first-order chi connectivity index (χ1) is 2.91. The van der Waals surface area contributed by atoms with E-state index in [2.05, 4.69) is 6.92 Å². The van der Waals surface area contributed by atoms with Crippen LogP contribution in [0.15, 0.2) is 0 Å². The van der Waals surface area contributed by atoms with E-state index in [0.717, 1.165) is 12.8 Å². The molecule has 0 aromatic rings. The summed E-state index contributed by atoms with van der Waals surface area (Å²) < 4.78 is 9.44. The number of hydrogen-bond acceptors (Lipinski definition) is 0. The van der Waals surface area contributed by atoms with Gasteiger partial charge in [0.25, 0.3) is 0 Å². The van der Waals surface area contributed by atoms with Crippen molar-refractivity contribution < 1.29 is 4.65 Å². The molecule has 0 heterocycles. The van der Waals surface area contributed by atoms with Crippen molar-refractivity contribution in [2.45, 2.75) is 26.2 Å². The van der Waals surface area contributed by atoms with Crippen molar-refractivity contribution in [3.05, 3.63) is 0 Å². The summed E-state index contributed by atoms with van der Waals surface area (Å²) in [7, 11) is 0. The first-order valence-corrected chi connectivity index (χ1v) is 2.26. The van der Waals surface area contributed by atoms with Crippen molar-refractivity contribution in [2.24, 2.45) is 0 Å². The van der Waals surface area contributed by atoms with Gasteiger partial charge in [0.15, 0.2) is 0 Å². The third-order valence-corrected chi connectivity index (χ3v) is 0.632. The van der Waals surface area contributed by atoms with Crippen LogP contribution in [-0.4, -0.2) is 0 Å². The van der Waals surface area contributed by atoms with Gasteiger partial charge in [0.1, 0.15) is 0 Å². The standard InChI is InChI=1S/C5H9O/c1-2-3-4-5-6/h2-4H2,1H3/q+1. The first kappa shape index (κ1) is 5.74. The molecule has 0 aromatic carbocycles. The van der Waals surface area contributed by atoms with Gasteiger partial charge >= 0.3 is 37.0 Å². The van der Waals surface area contributed by atoms with Crippen LogP contribution in [0.5, 0.6) is 0 Å². The molecule has 0 fully saturated rings. The SMILES string of the molecule is CCCCC#[O+]. The zero-order chi connectivity index (χ0) is 4.83. The van der Waals surface area contributed by atoms with Gasteiger partial charge in [-0.3, -0.25) is 0 Å². The predicted molar refractivity (Wildman–Crippen MR) is 24.1 cm³/mol. The fraction of sp³-hybridized carbons (Fsp3) is 0.800. The average molecular weight is 85.1 g/mol. The van der Waals surface area contributed by atoms with Gasteiger partial charge < -0.3 is 0 Å². The summed E-state index contributed by atoms with van der Waals surface area (Å²) in [5, 5.41) is 0. The molecule has 6 heavy (non-hydrogen) atoms. The fourth-order valence-corrected chi connectivity index (χ4v) is 0.249. The van der Waals surface area contributed by atoms with Gasteiger partial charge in [-0.05, 0) is 0 Å². The van der Waals surface area contributed by atoms with Crippen LogP contribution in [-0.2, 0) is 4.65 Å². The van der Waals surface area contributed by atoms with Crippen molar-refractivity contribution in [3.63, 3.8) is 0 Å². The first-order valence-electron chi connectivity index (χ1n) is 2.26. The Balaban J connectivity index is 2.54.